The number of ketones is 1. The summed E-state index contributed by atoms with van der Waals surface area (Å²) in [4.78, 5) is 19.7. The summed E-state index contributed by atoms with van der Waals surface area (Å²) >= 11 is 1.60. The Morgan fingerprint density at radius 3 is 2.45 bits per heavy atom. The first kappa shape index (κ1) is 21.1. The van der Waals surface area contributed by atoms with Gasteiger partial charge in [0.15, 0.2) is 5.13 Å². The summed E-state index contributed by atoms with van der Waals surface area (Å²) in [5.41, 5.74) is 1.11. The Morgan fingerprint density at radius 2 is 1.84 bits per heavy atom. The zero-order chi connectivity index (χ0) is 21.9. The molecular weight excluding hydrogens is 430 g/mol. The average molecular weight is 460 g/mol. The van der Waals surface area contributed by atoms with Gasteiger partial charge in [-0.1, -0.05) is 44.2 Å². The molecule has 1 aromatic heterocycles. The van der Waals surface area contributed by atoms with Crippen LogP contribution in [0.1, 0.15) is 33.1 Å². The van der Waals surface area contributed by atoms with Crippen LogP contribution < -0.4 is 4.90 Å². The molecule has 6 nitrogen and oxygen atoms in total. The predicted molar refractivity (Wildman–Crippen MR) is 124 cm³/mol. The standard InChI is InChI=1S/C23H29N3O3S2/c1-22(2)18-8-9-23(22,20(27)14-18)16-31(28,29)26-12-10-25(11-13-26)21-24-19(15-30-21)17-6-4-3-5-7-17/h3-7,15,18H,8-14,16H2,1-2H3/t18-,23+/m1/s1. The normalized spacial score (nSPS) is 28.4. The summed E-state index contributed by atoms with van der Waals surface area (Å²) in [7, 11) is -3.49. The van der Waals surface area contributed by atoms with Gasteiger partial charge in [-0.2, -0.15) is 4.31 Å². The highest BCUT2D eigenvalue weighted by molar-refractivity contribution is 7.89. The molecule has 0 unspecified atom stereocenters. The van der Waals surface area contributed by atoms with E-state index in [9.17, 15) is 13.2 Å². The average Bonchev–Trinajstić information content (AvgIpc) is 3.38. The molecule has 1 aromatic carbocycles. The second-order valence-corrected chi connectivity index (χ2v) is 12.5. The van der Waals surface area contributed by atoms with Gasteiger partial charge < -0.3 is 4.90 Å². The van der Waals surface area contributed by atoms with Gasteiger partial charge in [-0.25, -0.2) is 13.4 Å². The lowest BCUT2D eigenvalue weighted by molar-refractivity contribution is -0.128. The first-order chi connectivity index (χ1) is 14.7. The molecule has 2 aliphatic carbocycles. The number of carbonyl (C=O) groups excluding carboxylic acids is 1. The number of rotatable bonds is 5. The maximum atomic E-state index is 13.3. The predicted octanol–water partition coefficient (Wildman–Crippen LogP) is 3.66. The lowest BCUT2D eigenvalue weighted by Crippen LogP contribution is -2.52. The molecule has 3 aliphatic rings. The first-order valence-electron chi connectivity index (χ1n) is 11.0. The SMILES string of the molecule is CC1(C)[C@@H]2CC[C@]1(CS(=O)(=O)N1CCN(c3nc(-c4ccccc4)cs3)CC1)C(=O)C2. The fourth-order valence-corrected chi connectivity index (χ4v) is 8.91. The number of benzene rings is 1. The fourth-order valence-electron chi connectivity index (χ4n) is 5.82. The van der Waals surface area contributed by atoms with Crippen molar-refractivity contribution in [2.45, 2.75) is 33.1 Å². The molecule has 3 fully saturated rings. The first-order valence-corrected chi connectivity index (χ1v) is 13.5. The van der Waals surface area contributed by atoms with Crippen LogP contribution >= 0.6 is 11.3 Å². The highest BCUT2D eigenvalue weighted by Crippen LogP contribution is 2.64. The molecule has 8 heteroatoms. The lowest BCUT2D eigenvalue weighted by Gasteiger charge is -2.39. The molecule has 31 heavy (non-hydrogen) atoms. The summed E-state index contributed by atoms with van der Waals surface area (Å²) in [5.74, 6) is 0.459. The van der Waals surface area contributed by atoms with Crippen molar-refractivity contribution in [3.05, 3.63) is 35.7 Å². The number of sulfonamides is 1. The lowest BCUT2D eigenvalue weighted by atomic mass is 9.70. The third-order valence-corrected chi connectivity index (χ3v) is 10.9. The van der Waals surface area contributed by atoms with Crippen molar-refractivity contribution in [3.63, 3.8) is 0 Å². The van der Waals surface area contributed by atoms with Crippen molar-refractivity contribution >= 4 is 32.3 Å². The van der Waals surface area contributed by atoms with E-state index in [1.165, 1.54) is 0 Å². The number of piperazine rings is 1. The van der Waals surface area contributed by atoms with Crippen LogP contribution in [0.4, 0.5) is 5.13 Å². The molecule has 2 aromatic rings. The van der Waals surface area contributed by atoms with E-state index in [1.807, 2.05) is 30.3 Å². The van der Waals surface area contributed by atoms with E-state index in [0.29, 0.717) is 44.9 Å². The van der Waals surface area contributed by atoms with Crippen LogP contribution in [0.5, 0.6) is 0 Å². The van der Waals surface area contributed by atoms with Crippen LogP contribution in [-0.4, -0.2) is 55.4 Å². The second-order valence-electron chi connectivity index (χ2n) is 9.69. The largest absolute Gasteiger partial charge is 0.345 e. The van der Waals surface area contributed by atoms with E-state index in [0.717, 1.165) is 22.8 Å². The number of hydrogen-bond acceptors (Lipinski definition) is 6. The summed E-state index contributed by atoms with van der Waals surface area (Å²) in [5, 5.41) is 2.98. The van der Waals surface area contributed by atoms with Crippen molar-refractivity contribution in [1.82, 2.24) is 9.29 Å². The molecular formula is C23H29N3O3S2. The van der Waals surface area contributed by atoms with Crippen molar-refractivity contribution < 1.29 is 13.2 Å². The third-order valence-electron chi connectivity index (χ3n) is 8.03. The minimum atomic E-state index is -3.49. The Balaban J connectivity index is 1.26. The highest BCUT2D eigenvalue weighted by atomic mass is 32.2. The second kappa shape index (κ2) is 7.39. The van der Waals surface area contributed by atoms with Crippen LogP contribution in [0.2, 0.25) is 0 Å². The Hall–Kier alpha value is -1.77. The fraction of sp³-hybridized carbons (Fsp3) is 0.565. The maximum absolute atomic E-state index is 13.3. The summed E-state index contributed by atoms with van der Waals surface area (Å²) in [6, 6.07) is 10.1. The molecule has 1 aliphatic heterocycles. The van der Waals surface area contributed by atoms with Gasteiger partial charge in [-0.3, -0.25) is 4.79 Å². The third kappa shape index (κ3) is 3.34. The van der Waals surface area contributed by atoms with E-state index >= 15 is 0 Å². The molecule has 2 saturated carbocycles. The molecule has 5 rings (SSSR count). The van der Waals surface area contributed by atoms with E-state index < -0.39 is 15.4 Å². The van der Waals surface area contributed by atoms with Crippen molar-refractivity contribution in [2.75, 3.05) is 36.8 Å². The van der Waals surface area contributed by atoms with Crippen LogP contribution in [-0.2, 0) is 14.8 Å². The van der Waals surface area contributed by atoms with Crippen LogP contribution in [0, 0.1) is 16.7 Å². The minimum Gasteiger partial charge on any atom is -0.345 e. The smallest absolute Gasteiger partial charge is 0.215 e. The molecule has 1 saturated heterocycles. The summed E-state index contributed by atoms with van der Waals surface area (Å²) < 4.78 is 28.3. The zero-order valence-corrected chi connectivity index (χ0v) is 19.7. The van der Waals surface area contributed by atoms with Gasteiger partial charge in [0.25, 0.3) is 0 Å². The quantitative estimate of drug-likeness (QED) is 0.683. The number of Topliss-reactive ketones (excluding diaryl/α,β-unsaturated/α-hetero) is 1. The summed E-state index contributed by atoms with van der Waals surface area (Å²) in [6.07, 6.45) is 2.23. The monoisotopic (exact) mass is 459 g/mol. The Bertz CT molecular complexity index is 1090. The number of anilines is 1. The Kier molecular flexibility index (Phi) is 5.03. The number of fused-ring (bicyclic) bond motifs is 2. The van der Waals surface area contributed by atoms with E-state index in [1.54, 1.807) is 15.6 Å². The molecule has 0 amide bonds. The van der Waals surface area contributed by atoms with E-state index in [2.05, 4.69) is 24.1 Å². The number of hydrogen-bond donors (Lipinski definition) is 0. The number of thiazole rings is 1. The molecule has 0 spiro atoms. The molecule has 2 bridgehead atoms. The number of nitrogens with zero attached hydrogens (tertiary/aromatic N) is 3. The minimum absolute atomic E-state index is 0.0300. The van der Waals surface area contributed by atoms with Gasteiger partial charge in [0.2, 0.25) is 10.0 Å². The van der Waals surface area contributed by atoms with Crippen LogP contribution in [0.15, 0.2) is 35.7 Å². The van der Waals surface area contributed by atoms with Gasteiger partial charge >= 0.3 is 0 Å². The summed E-state index contributed by atoms with van der Waals surface area (Å²) in [6.45, 7) is 6.31. The van der Waals surface area contributed by atoms with Gasteiger partial charge in [0.1, 0.15) is 5.78 Å². The maximum Gasteiger partial charge on any atom is 0.215 e. The molecule has 0 N–H and O–H groups in total. The van der Waals surface area contributed by atoms with E-state index in [4.69, 9.17) is 4.98 Å². The van der Waals surface area contributed by atoms with Crippen molar-refractivity contribution in [3.8, 4) is 11.3 Å². The molecule has 166 valence electrons. The van der Waals surface area contributed by atoms with Gasteiger partial charge in [-0.05, 0) is 24.2 Å². The Labute approximate surface area is 188 Å². The van der Waals surface area contributed by atoms with Gasteiger partial charge in [0.05, 0.1) is 11.4 Å². The Morgan fingerprint density at radius 1 is 1.13 bits per heavy atom. The molecule has 2 heterocycles. The van der Waals surface area contributed by atoms with Crippen molar-refractivity contribution in [2.24, 2.45) is 16.7 Å². The number of aromatic nitrogens is 1. The topological polar surface area (TPSA) is 70.6 Å². The van der Waals surface area contributed by atoms with E-state index in [-0.39, 0.29) is 17.0 Å². The van der Waals surface area contributed by atoms with Crippen LogP contribution in [0.25, 0.3) is 11.3 Å². The molecule has 2 atom stereocenters. The van der Waals surface area contributed by atoms with Crippen LogP contribution in [0.3, 0.4) is 0 Å². The van der Waals surface area contributed by atoms with Crippen molar-refractivity contribution in [1.29, 1.82) is 0 Å². The number of carbonyl (C=O) groups is 1. The van der Waals surface area contributed by atoms with Gasteiger partial charge in [0, 0.05) is 49.0 Å². The molecule has 0 radical (unpaired) electrons. The zero-order valence-electron chi connectivity index (χ0n) is 18.1. The van der Waals surface area contributed by atoms with Gasteiger partial charge in [-0.15, -0.1) is 11.3 Å². The highest BCUT2D eigenvalue weighted by Gasteiger charge is 2.65.